The molecule has 0 spiro atoms. The molecule has 3 rings (SSSR count). The van der Waals surface area contributed by atoms with Crippen molar-refractivity contribution in [3.8, 4) is 0 Å². The van der Waals surface area contributed by atoms with Crippen molar-refractivity contribution in [3.63, 3.8) is 0 Å². The number of anilines is 1. The molecular weight excluding hydrogens is 324 g/mol. The monoisotopic (exact) mass is 352 g/mol. The third kappa shape index (κ3) is 3.73. The summed E-state index contributed by atoms with van der Waals surface area (Å²) in [6.07, 6.45) is 6.88. The smallest absolute Gasteiger partial charge is 0.244 e. The Bertz CT molecular complexity index is 639. The molecule has 7 heteroatoms. The first-order valence-electron chi connectivity index (χ1n) is 8.86. The van der Waals surface area contributed by atoms with E-state index in [2.05, 4.69) is 28.9 Å². The third-order valence-electron chi connectivity index (χ3n) is 5.12. The van der Waals surface area contributed by atoms with E-state index < -0.39 is 10.0 Å². The minimum absolute atomic E-state index is 0.314. The first kappa shape index (κ1) is 17.6. The zero-order valence-corrected chi connectivity index (χ0v) is 15.5. The highest BCUT2D eigenvalue weighted by atomic mass is 32.2. The van der Waals surface area contributed by atoms with Crippen LogP contribution in [0.25, 0.3) is 0 Å². The van der Waals surface area contributed by atoms with Gasteiger partial charge in [0.05, 0.1) is 0 Å². The number of hydrogen-bond donors (Lipinski definition) is 0. The van der Waals surface area contributed by atoms with E-state index in [-0.39, 0.29) is 0 Å². The fourth-order valence-electron chi connectivity index (χ4n) is 3.55. The lowest BCUT2D eigenvalue weighted by Gasteiger charge is -2.36. The van der Waals surface area contributed by atoms with E-state index in [9.17, 15) is 8.42 Å². The number of hydrogen-bond acceptors (Lipinski definition) is 5. The highest BCUT2D eigenvalue weighted by Gasteiger charge is 2.27. The van der Waals surface area contributed by atoms with Gasteiger partial charge in [-0.2, -0.15) is 4.31 Å². The molecule has 2 fully saturated rings. The van der Waals surface area contributed by atoms with Gasteiger partial charge in [0.15, 0.2) is 0 Å². The predicted octanol–water partition coefficient (Wildman–Crippen LogP) is 1.79. The largest absolute Gasteiger partial charge is 0.355 e. The average molecular weight is 353 g/mol. The molecule has 24 heavy (non-hydrogen) atoms. The lowest BCUT2D eigenvalue weighted by Crippen LogP contribution is -2.45. The minimum Gasteiger partial charge on any atom is -0.355 e. The fraction of sp³-hybridized carbons (Fsp3) is 0.706. The van der Waals surface area contributed by atoms with Gasteiger partial charge in [0.1, 0.15) is 10.7 Å². The lowest BCUT2D eigenvalue weighted by molar-refractivity contribution is 0.257. The Kier molecular flexibility index (Phi) is 5.42. The highest BCUT2D eigenvalue weighted by Crippen LogP contribution is 2.23. The second kappa shape index (κ2) is 7.37. The van der Waals surface area contributed by atoms with Gasteiger partial charge in [0, 0.05) is 38.4 Å². The molecule has 0 aliphatic carbocycles. The van der Waals surface area contributed by atoms with E-state index in [0.29, 0.717) is 24.0 Å². The second-order valence-corrected chi connectivity index (χ2v) is 8.96. The Morgan fingerprint density at radius 2 is 1.83 bits per heavy atom. The molecule has 0 aromatic carbocycles. The van der Waals surface area contributed by atoms with Crippen LogP contribution in [0.2, 0.25) is 0 Å². The number of nitrogens with zero attached hydrogens (tertiary/aromatic N) is 4. The normalized spacial score (nSPS) is 23.6. The van der Waals surface area contributed by atoms with Gasteiger partial charge in [-0.3, -0.25) is 0 Å². The molecule has 2 saturated heterocycles. The van der Waals surface area contributed by atoms with Crippen LogP contribution in [0.5, 0.6) is 0 Å². The molecule has 1 atom stereocenters. The molecule has 0 saturated carbocycles. The Labute approximate surface area is 145 Å². The van der Waals surface area contributed by atoms with Crippen LogP contribution >= 0.6 is 0 Å². The number of likely N-dealkylation sites (N-methyl/N-ethyl adjacent to an activating group) is 1. The van der Waals surface area contributed by atoms with Crippen molar-refractivity contribution in [1.29, 1.82) is 0 Å². The summed E-state index contributed by atoms with van der Waals surface area (Å²) in [7, 11) is 0.824. The van der Waals surface area contributed by atoms with Gasteiger partial charge in [0.25, 0.3) is 0 Å². The van der Waals surface area contributed by atoms with Crippen molar-refractivity contribution in [2.24, 2.45) is 0 Å². The first-order chi connectivity index (χ1) is 11.5. The van der Waals surface area contributed by atoms with Crippen LogP contribution in [-0.4, -0.2) is 68.9 Å². The molecule has 3 heterocycles. The van der Waals surface area contributed by atoms with Gasteiger partial charge in [-0.1, -0.05) is 6.42 Å². The number of sulfonamides is 1. The first-order valence-corrected chi connectivity index (χ1v) is 10.3. The summed E-state index contributed by atoms with van der Waals surface area (Å²) >= 11 is 0. The van der Waals surface area contributed by atoms with E-state index >= 15 is 0 Å². The van der Waals surface area contributed by atoms with E-state index in [1.807, 2.05) is 6.07 Å². The van der Waals surface area contributed by atoms with Crippen molar-refractivity contribution in [2.45, 2.75) is 43.0 Å². The van der Waals surface area contributed by atoms with Gasteiger partial charge >= 0.3 is 0 Å². The van der Waals surface area contributed by atoms with Gasteiger partial charge in [-0.05, 0) is 51.9 Å². The van der Waals surface area contributed by atoms with Crippen molar-refractivity contribution < 1.29 is 8.42 Å². The SMILES string of the molecule is CN(C)C1CCCN(c2ccc(S(=O)(=O)N3CCCCC3)cn2)C1. The fourth-order valence-corrected chi connectivity index (χ4v) is 5.01. The van der Waals surface area contributed by atoms with Crippen molar-refractivity contribution >= 4 is 15.8 Å². The molecular formula is C17H28N4O2S. The van der Waals surface area contributed by atoms with Crippen molar-refractivity contribution in [2.75, 3.05) is 45.2 Å². The summed E-state index contributed by atoms with van der Waals surface area (Å²) in [5, 5.41) is 0. The summed E-state index contributed by atoms with van der Waals surface area (Å²) in [6, 6.07) is 4.10. The minimum atomic E-state index is -3.39. The summed E-state index contributed by atoms with van der Waals surface area (Å²) in [4.78, 5) is 9.28. The molecule has 134 valence electrons. The highest BCUT2D eigenvalue weighted by molar-refractivity contribution is 7.89. The molecule has 1 aromatic heterocycles. The Balaban J connectivity index is 1.73. The Morgan fingerprint density at radius 3 is 2.46 bits per heavy atom. The van der Waals surface area contributed by atoms with Gasteiger partial charge in [-0.25, -0.2) is 13.4 Å². The average Bonchev–Trinajstić information content (AvgIpc) is 2.62. The summed E-state index contributed by atoms with van der Waals surface area (Å²) in [6.45, 7) is 3.18. The standard InChI is InChI=1S/C17H28N4O2S/c1-19(2)15-7-6-10-20(14-15)17-9-8-16(13-18-17)24(22,23)21-11-4-3-5-12-21/h8-9,13,15H,3-7,10-12,14H2,1-2H3. The van der Waals surface area contributed by atoms with Gasteiger partial charge < -0.3 is 9.80 Å². The molecule has 0 bridgehead atoms. The number of piperidine rings is 2. The summed E-state index contributed by atoms with van der Waals surface area (Å²) in [5.74, 6) is 0.874. The van der Waals surface area contributed by atoms with Crippen molar-refractivity contribution in [3.05, 3.63) is 18.3 Å². The lowest BCUT2D eigenvalue weighted by atomic mass is 10.1. The maximum Gasteiger partial charge on any atom is 0.244 e. The van der Waals surface area contributed by atoms with E-state index in [1.54, 1.807) is 10.4 Å². The number of aromatic nitrogens is 1. The van der Waals surface area contributed by atoms with Crippen LogP contribution in [0, 0.1) is 0 Å². The number of rotatable bonds is 4. The molecule has 0 radical (unpaired) electrons. The summed E-state index contributed by atoms with van der Waals surface area (Å²) in [5.41, 5.74) is 0. The Morgan fingerprint density at radius 1 is 1.08 bits per heavy atom. The van der Waals surface area contributed by atoms with E-state index in [1.165, 1.54) is 12.6 Å². The molecule has 1 unspecified atom stereocenters. The molecule has 2 aliphatic rings. The number of pyridine rings is 1. The Hall–Kier alpha value is -1.18. The van der Waals surface area contributed by atoms with Crippen LogP contribution in [0.1, 0.15) is 32.1 Å². The van der Waals surface area contributed by atoms with Crippen molar-refractivity contribution in [1.82, 2.24) is 14.2 Å². The van der Waals surface area contributed by atoms with Crippen LogP contribution in [0.3, 0.4) is 0 Å². The van der Waals surface area contributed by atoms with Gasteiger partial charge in [0.2, 0.25) is 10.0 Å². The quantitative estimate of drug-likeness (QED) is 0.827. The van der Waals surface area contributed by atoms with E-state index in [0.717, 1.165) is 44.6 Å². The van der Waals surface area contributed by atoms with Crippen LogP contribution in [0.15, 0.2) is 23.2 Å². The van der Waals surface area contributed by atoms with Gasteiger partial charge in [-0.15, -0.1) is 0 Å². The third-order valence-corrected chi connectivity index (χ3v) is 7.01. The maximum absolute atomic E-state index is 12.7. The maximum atomic E-state index is 12.7. The molecule has 2 aliphatic heterocycles. The molecule has 0 amide bonds. The van der Waals surface area contributed by atoms with Crippen LogP contribution < -0.4 is 4.90 Å². The zero-order chi connectivity index (χ0) is 17.2. The zero-order valence-electron chi connectivity index (χ0n) is 14.7. The van der Waals surface area contributed by atoms with Crippen LogP contribution in [0.4, 0.5) is 5.82 Å². The molecule has 1 aromatic rings. The summed E-state index contributed by atoms with van der Waals surface area (Å²) < 4.78 is 27.0. The second-order valence-electron chi connectivity index (χ2n) is 7.02. The predicted molar refractivity (Wildman–Crippen MR) is 95.8 cm³/mol. The molecule has 0 N–H and O–H groups in total. The van der Waals surface area contributed by atoms with Crippen LogP contribution in [-0.2, 0) is 10.0 Å². The van der Waals surface area contributed by atoms with E-state index in [4.69, 9.17) is 0 Å². The topological polar surface area (TPSA) is 56.8 Å². The molecule has 6 nitrogen and oxygen atoms in total.